The summed E-state index contributed by atoms with van der Waals surface area (Å²) in [7, 11) is -8.04. The van der Waals surface area contributed by atoms with Crippen LogP contribution in [0.4, 0.5) is 0 Å². The molecule has 0 aromatic rings. The summed E-state index contributed by atoms with van der Waals surface area (Å²) in [6.07, 6.45) is 20.0. The first-order chi connectivity index (χ1) is 18.1. The van der Waals surface area contributed by atoms with E-state index < -0.39 is 45.0 Å². The third-order valence-electron chi connectivity index (χ3n) is 6.47. The molecule has 0 saturated heterocycles. The number of rotatable bonds is 27. The maximum absolute atomic E-state index is 12.0. The zero-order valence-electron chi connectivity index (χ0n) is 26.1. The smallest absolute Gasteiger partial charge is 1.00 e. The van der Waals surface area contributed by atoms with Crippen LogP contribution in [0.15, 0.2) is 0 Å². The second-order valence-corrected chi connectivity index (χ2v) is 13.7. The first-order valence-corrected chi connectivity index (χ1v) is 18.2. The van der Waals surface area contributed by atoms with Crippen molar-refractivity contribution in [3.05, 3.63) is 0 Å². The molecule has 0 N–H and O–H groups in total. The monoisotopic (exact) mass is 606 g/mol. The Morgan fingerprint density at radius 1 is 0.462 bits per heavy atom. The Kier molecular flexibility index (Phi) is 28.1. The van der Waals surface area contributed by atoms with E-state index in [2.05, 4.69) is 22.2 Å². The van der Waals surface area contributed by atoms with Gasteiger partial charge in [0.25, 0.3) is 0 Å². The van der Waals surface area contributed by atoms with Gasteiger partial charge in [0.1, 0.15) is 0 Å². The summed E-state index contributed by atoms with van der Waals surface area (Å²) < 4.78 is 56.9. The third kappa shape index (κ3) is 29.1. The van der Waals surface area contributed by atoms with Gasteiger partial charge in [-0.25, -0.2) is 0 Å². The zero-order valence-corrected chi connectivity index (χ0v) is 28.7. The van der Waals surface area contributed by atoms with Crippen LogP contribution in [0.5, 0.6) is 0 Å². The molecule has 0 bridgehead atoms. The standard InChI is InChI=1S/C28H54O8S2.Na.H/c1-3-5-7-9-11-13-15-17-19-21-25-37(31,32)35-27(29)23-24-28(30)36-38(33,34)26-22-20-18-16-14-12-10-8-6-4-2;;/h3-26H2,1-2H3;;/q;+1;-1. The summed E-state index contributed by atoms with van der Waals surface area (Å²) in [4.78, 5) is 23.6. The van der Waals surface area contributed by atoms with Gasteiger partial charge in [0.15, 0.2) is 0 Å². The predicted molar refractivity (Wildman–Crippen MR) is 154 cm³/mol. The van der Waals surface area contributed by atoms with Gasteiger partial charge in [0, 0.05) is 0 Å². The largest absolute Gasteiger partial charge is 1.00 e. The molecule has 8 nitrogen and oxygen atoms in total. The van der Waals surface area contributed by atoms with E-state index in [1.165, 1.54) is 64.2 Å². The minimum Gasteiger partial charge on any atom is -1.00 e. The Hall–Kier alpha value is -0.160. The van der Waals surface area contributed by atoms with Crippen molar-refractivity contribution in [3.63, 3.8) is 0 Å². The first-order valence-electron chi connectivity index (χ1n) is 15.0. The van der Waals surface area contributed by atoms with Gasteiger partial charge in [0.05, 0.1) is 24.3 Å². The van der Waals surface area contributed by atoms with E-state index in [1.807, 2.05) is 0 Å². The average molecular weight is 607 g/mol. The quantitative estimate of drug-likeness (QED) is 0.0763. The van der Waals surface area contributed by atoms with Crippen molar-refractivity contribution in [1.82, 2.24) is 0 Å². The minimum absolute atomic E-state index is 0. The van der Waals surface area contributed by atoms with E-state index >= 15 is 0 Å². The normalized spacial score (nSPS) is 11.6. The molecule has 39 heavy (non-hydrogen) atoms. The van der Waals surface area contributed by atoms with E-state index in [0.29, 0.717) is 12.8 Å². The van der Waals surface area contributed by atoms with Crippen molar-refractivity contribution in [3.8, 4) is 0 Å². The van der Waals surface area contributed by atoms with Crippen LogP contribution in [0.1, 0.15) is 157 Å². The van der Waals surface area contributed by atoms with Crippen molar-refractivity contribution in [1.29, 1.82) is 0 Å². The van der Waals surface area contributed by atoms with Crippen LogP contribution < -0.4 is 29.6 Å². The fourth-order valence-electron chi connectivity index (χ4n) is 4.19. The van der Waals surface area contributed by atoms with E-state index in [0.717, 1.165) is 51.4 Å². The Morgan fingerprint density at radius 2 is 0.692 bits per heavy atom. The molecule has 0 aromatic carbocycles. The van der Waals surface area contributed by atoms with Gasteiger partial charge in [-0.1, -0.05) is 129 Å². The molecule has 0 aliphatic heterocycles. The second-order valence-electron chi connectivity index (χ2n) is 10.3. The molecule has 228 valence electrons. The second kappa shape index (κ2) is 26.7. The molecule has 0 fully saturated rings. The van der Waals surface area contributed by atoms with E-state index in [4.69, 9.17) is 0 Å². The molecular weight excluding hydrogens is 551 g/mol. The van der Waals surface area contributed by atoms with E-state index in [1.54, 1.807) is 0 Å². The zero-order chi connectivity index (χ0) is 28.5. The fraction of sp³-hybridized carbons (Fsp3) is 0.929. The Morgan fingerprint density at radius 3 is 0.949 bits per heavy atom. The van der Waals surface area contributed by atoms with Crippen LogP contribution in [-0.4, -0.2) is 40.3 Å². The average Bonchev–Trinajstić information content (AvgIpc) is 2.84. The van der Waals surface area contributed by atoms with Crippen LogP contribution in [0.2, 0.25) is 0 Å². The van der Waals surface area contributed by atoms with Crippen LogP contribution >= 0.6 is 0 Å². The summed E-state index contributed by atoms with van der Waals surface area (Å²) in [5, 5.41) is 0. The number of carbonyl (C=O) groups excluding carboxylic acids is 2. The minimum atomic E-state index is -4.02. The molecule has 0 aromatic heterocycles. The first kappa shape index (κ1) is 41.0. The molecule has 0 rings (SSSR count). The topological polar surface area (TPSA) is 121 Å². The summed E-state index contributed by atoms with van der Waals surface area (Å²) in [5.74, 6) is -2.68. The van der Waals surface area contributed by atoms with E-state index in [9.17, 15) is 26.4 Å². The number of unbranched alkanes of at least 4 members (excludes halogenated alkanes) is 18. The van der Waals surface area contributed by atoms with Crippen molar-refractivity contribution >= 4 is 32.2 Å². The molecule has 0 heterocycles. The van der Waals surface area contributed by atoms with Crippen molar-refractivity contribution in [2.75, 3.05) is 11.5 Å². The maximum atomic E-state index is 12.0. The van der Waals surface area contributed by atoms with Gasteiger partial charge >= 0.3 is 61.7 Å². The van der Waals surface area contributed by atoms with Gasteiger partial charge in [0.2, 0.25) is 0 Å². The number of hydrogen-bond donors (Lipinski definition) is 0. The van der Waals surface area contributed by atoms with Crippen LogP contribution in [-0.2, 0) is 38.2 Å². The molecule has 0 unspecified atom stereocenters. The van der Waals surface area contributed by atoms with Gasteiger partial charge in [-0.15, -0.1) is 0 Å². The van der Waals surface area contributed by atoms with Crippen LogP contribution in [0.25, 0.3) is 0 Å². The van der Waals surface area contributed by atoms with Crippen LogP contribution in [0, 0.1) is 0 Å². The fourth-order valence-corrected chi connectivity index (χ4v) is 6.20. The Bertz CT molecular complexity index is 752. The molecule has 0 aliphatic carbocycles. The molecule has 0 radical (unpaired) electrons. The van der Waals surface area contributed by atoms with Crippen LogP contribution in [0.3, 0.4) is 0 Å². The maximum Gasteiger partial charge on any atom is 1.00 e. The van der Waals surface area contributed by atoms with Crippen molar-refractivity contribution in [2.24, 2.45) is 0 Å². The summed E-state index contributed by atoms with van der Waals surface area (Å²) in [6, 6.07) is 0. The third-order valence-corrected chi connectivity index (χ3v) is 8.93. The summed E-state index contributed by atoms with van der Waals surface area (Å²) in [6.45, 7) is 4.37. The summed E-state index contributed by atoms with van der Waals surface area (Å²) in [5.41, 5.74) is 0. The van der Waals surface area contributed by atoms with Gasteiger partial charge < -0.3 is 9.79 Å². The van der Waals surface area contributed by atoms with Crippen molar-refractivity contribution < 1.29 is 65.8 Å². The Balaban J connectivity index is -0.00000684. The molecule has 0 aliphatic rings. The summed E-state index contributed by atoms with van der Waals surface area (Å²) >= 11 is 0. The molecule has 0 spiro atoms. The molecule has 11 heteroatoms. The molecular formula is C28H55NaO8S2. The van der Waals surface area contributed by atoms with Gasteiger partial charge in [-0.05, 0) is 12.8 Å². The van der Waals surface area contributed by atoms with Gasteiger partial charge in [-0.2, -0.15) is 16.8 Å². The van der Waals surface area contributed by atoms with E-state index in [-0.39, 0.29) is 42.5 Å². The van der Waals surface area contributed by atoms with Crippen molar-refractivity contribution in [2.45, 2.75) is 155 Å². The predicted octanol–water partition coefficient (Wildman–Crippen LogP) is 4.47. The van der Waals surface area contributed by atoms with Gasteiger partial charge in [-0.3, -0.25) is 9.59 Å². The SMILES string of the molecule is CCCCCCCCCCCCS(=O)(=O)OC(=O)CCC(=O)OS(=O)(=O)CCCCCCCCCCCC.[H-].[Na+]. The number of hydrogen-bond acceptors (Lipinski definition) is 8. The molecule has 0 atom stereocenters. The number of carbonyl (C=O) groups is 2. The molecule has 0 amide bonds. The molecule has 0 saturated carbocycles. The Labute approximate surface area is 263 Å².